The zero-order valence-electron chi connectivity index (χ0n) is 14.9. The fourth-order valence-electron chi connectivity index (χ4n) is 2.93. The molecule has 1 atom stereocenters. The Kier molecular flexibility index (Phi) is 5.46. The molecular weight excluding hydrogens is 370 g/mol. The van der Waals surface area contributed by atoms with Gasteiger partial charge in [0.2, 0.25) is 0 Å². The predicted molar refractivity (Wildman–Crippen MR) is 103 cm³/mol. The second-order valence-electron chi connectivity index (χ2n) is 6.18. The Bertz CT molecular complexity index is 938. The minimum atomic E-state index is -0.616. The van der Waals surface area contributed by atoms with E-state index < -0.39 is 4.92 Å². The van der Waals surface area contributed by atoms with Crippen molar-refractivity contribution in [1.82, 2.24) is 0 Å². The summed E-state index contributed by atoms with van der Waals surface area (Å²) >= 11 is 5.79. The summed E-state index contributed by atoms with van der Waals surface area (Å²) < 4.78 is 11.4. The fourth-order valence-corrected chi connectivity index (χ4v) is 3.12. The summed E-state index contributed by atoms with van der Waals surface area (Å²) in [6.07, 6.45) is 3.90. The summed E-state index contributed by atoms with van der Waals surface area (Å²) in [5.41, 5.74) is 1.67. The number of carbonyl (C=O) groups is 1. The van der Waals surface area contributed by atoms with Gasteiger partial charge in [-0.15, -0.1) is 0 Å². The maximum Gasteiger partial charge on any atom is 0.288 e. The van der Waals surface area contributed by atoms with Crippen LogP contribution in [0.15, 0.2) is 36.4 Å². The molecule has 6 nitrogen and oxygen atoms in total. The third kappa shape index (κ3) is 4.11. The monoisotopic (exact) mass is 387 g/mol. The number of rotatable bonds is 6. The number of fused-ring (bicyclic) bond motifs is 1. The molecule has 0 aliphatic carbocycles. The summed E-state index contributed by atoms with van der Waals surface area (Å²) in [5.74, 6) is 1.08. The molecule has 0 saturated carbocycles. The molecule has 0 bridgehead atoms. The van der Waals surface area contributed by atoms with Crippen LogP contribution < -0.4 is 9.47 Å². The first-order chi connectivity index (χ1) is 12.9. The summed E-state index contributed by atoms with van der Waals surface area (Å²) in [4.78, 5) is 22.8. The van der Waals surface area contributed by atoms with E-state index in [1.165, 1.54) is 24.3 Å². The topological polar surface area (TPSA) is 78.7 Å². The quantitative estimate of drug-likeness (QED) is 0.306. The molecule has 27 heavy (non-hydrogen) atoms. The van der Waals surface area contributed by atoms with Gasteiger partial charge in [0.25, 0.3) is 5.69 Å². The van der Waals surface area contributed by atoms with Gasteiger partial charge in [0.05, 0.1) is 11.5 Å². The molecule has 0 amide bonds. The van der Waals surface area contributed by atoms with Crippen LogP contribution in [0.3, 0.4) is 0 Å². The van der Waals surface area contributed by atoms with E-state index in [9.17, 15) is 14.9 Å². The molecule has 2 aromatic carbocycles. The number of ether oxygens (including phenoxy) is 2. The van der Waals surface area contributed by atoms with E-state index in [0.29, 0.717) is 17.9 Å². The molecule has 0 N–H and O–H groups in total. The van der Waals surface area contributed by atoms with Gasteiger partial charge in [0.15, 0.2) is 5.78 Å². The van der Waals surface area contributed by atoms with Crippen molar-refractivity contribution in [3.8, 4) is 11.5 Å². The molecule has 2 aromatic rings. The summed E-state index contributed by atoms with van der Waals surface area (Å²) in [5, 5.41) is 11.0. The Morgan fingerprint density at radius 1 is 1.41 bits per heavy atom. The smallest absolute Gasteiger partial charge is 0.288 e. The number of hydrogen-bond donors (Lipinski definition) is 0. The second-order valence-corrected chi connectivity index (χ2v) is 6.59. The molecule has 0 fully saturated rings. The van der Waals surface area contributed by atoms with E-state index in [1.807, 2.05) is 26.0 Å². The number of ketones is 1. The predicted octanol–water partition coefficient (Wildman–Crippen LogP) is 4.87. The molecular formula is C20H18ClNO5. The van der Waals surface area contributed by atoms with Gasteiger partial charge in [0.1, 0.15) is 22.6 Å². The van der Waals surface area contributed by atoms with E-state index in [0.717, 1.165) is 17.7 Å². The van der Waals surface area contributed by atoms with Crippen molar-refractivity contribution in [3.05, 3.63) is 68.2 Å². The van der Waals surface area contributed by atoms with Crippen molar-refractivity contribution >= 4 is 29.1 Å². The van der Waals surface area contributed by atoms with Crippen LogP contribution in [0.25, 0.3) is 6.08 Å². The summed E-state index contributed by atoms with van der Waals surface area (Å²) in [6.45, 7) is 4.37. The molecule has 1 aliphatic rings. The number of carbonyl (C=O) groups excluding carboxylic acids is 1. The van der Waals surface area contributed by atoms with Gasteiger partial charge in [-0.3, -0.25) is 14.9 Å². The molecule has 3 rings (SSSR count). The lowest BCUT2D eigenvalue weighted by Gasteiger charge is -2.10. The first kappa shape index (κ1) is 18.9. The van der Waals surface area contributed by atoms with Crippen molar-refractivity contribution in [3.63, 3.8) is 0 Å². The molecule has 1 heterocycles. The fraction of sp³-hybridized carbons (Fsp3) is 0.250. The number of nitrogens with zero attached hydrogens (tertiary/aromatic N) is 1. The largest absolute Gasteiger partial charge is 0.493 e. The lowest BCUT2D eigenvalue weighted by molar-refractivity contribution is -0.384. The Morgan fingerprint density at radius 2 is 2.19 bits per heavy atom. The highest BCUT2D eigenvalue weighted by atomic mass is 35.5. The van der Waals surface area contributed by atoms with E-state index in [-0.39, 0.29) is 28.2 Å². The molecule has 0 unspecified atom stereocenters. The van der Waals surface area contributed by atoms with E-state index in [1.54, 1.807) is 6.08 Å². The van der Waals surface area contributed by atoms with E-state index >= 15 is 0 Å². The molecule has 140 valence electrons. The average Bonchev–Trinajstić information content (AvgIpc) is 2.98. The SMILES string of the molecule is CCOc1cc2c(cc1/C=C/C(=O)c1ccc(Cl)c([N+](=O)[O-])c1)O[C@@H](C)C2. The highest BCUT2D eigenvalue weighted by Gasteiger charge is 2.21. The van der Waals surface area contributed by atoms with Gasteiger partial charge in [-0.2, -0.15) is 0 Å². The molecule has 0 radical (unpaired) electrons. The van der Waals surface area contributed by atoms with Crippen molar-refractivity contribution in [2.75, 3.05) is 6.61 Å². The van der Waals surface area contributed by atoms with Crippen LogP contribution in [0, 0.1) is 10.1 Å². The first-order valence-electron chi connectivity index (χ1n) is 8.51. The average molecular weight is 388 g/mol. The highest BCUT2D eigenvalue weighted by Crippen LogP contribution is 2.36. The van der Waals surface area contributed by atoms with Gasteiger partial charge < -0.3 is 9.47 Å². The Hall–Kier alpha value is -2.86. The molecule has 0 aromatic heterocycles. The van der Waals surface area contributed by atoms with E-state index in [4.69, 9.17) is 21.1 Å². The third-order valence-corrected chi connectivity index (χ3v) is 4.49. The Morgan fingerprint density at radius 3 is 2.89 bits per heavy atom. The van der Waals surface area contributed by atoms with Crippen LogP contribution in [0.2, 0.25) is 5.02 Å². The Balaban J connectivity index is 1.89. The Labute approximate surface area is 161 Å². The van der Waals surface area contributed by atoms with Gasteiger partial charge in [-0.05, 0) is 50.3 Å². The number of benzene rings is 2. The van der Waals surface area contributed by atoms with Crippen LogP contribution in [0.5, 0.6) is 11.5 Å². The van der Waals surface area contributed by atoms with Gasteiger partial charge >= 0.3 is 0 Å². The lowest BCUT2D eigenvalue weighted by atomic mass is 10.0. The summed E-state index contributed by atoms with van der Waals surface area (Å²) in [6, 6.07) is 7.75. The highest BCUT2D eigenvalue weighted by molar-refractivity contribution is 6.32. The summed E-state index contributed by atoms with van der Waals surface area (Å²) in [7, 11) is 0. The number of allylic oxidation sites excluding steroid dienone is 1. The maximum atomic E-state index is 12.4. The van der Waals surface area contributed by atoms with Crippen LogP contribution in [0.1, 0.15) is 35.3 Å². The van der Waals surface area contributed by atoms with Gasteiger partial charge in [-0.1, -0.05) is 11.6 Å². The van der Waals surface area contributed by atoms with Crippen LogP contribution in [-0.4, -0.2) is 23.4 Å². The number of halogens is 1. The zero-order chi connectivity index (χ0) is 19.6. The third-order valence-electron chi connectivity index (χ3n) is 4.17. The zero-order valence-corrected chi connectivity index (χ0v) is 15.7. The van der Waals surface area contributed by atoms with E-state index in [2.05, 4.69) is 0 Å². The molecule has 0 spiro atoms. The maximum absolute atomic E-state index is 12.4. The van der Waals surface area contributed by atoms with Crippen LogP contribution >= 0.6 is 11.6 Å². The number of hydrogen-bond acceptors (Lipinski definition) is 5. The first-order valence-corrected chi connectivity index (χ1v) is 8.89. The van der Waals surface area contributed by atoms with Crippen molar-refractivity contribution in [2.24, 2.45) is 0 Å². The molecule has 1 aliphatic heterocycles. The number of nitro benzene ring substituents is 1. The normalized spacial score (nSPS) is 15.4. The van der Waals surface area contributed by atoms with Crippen LogP contribution in [0.4, 0.5) is 5.69 Å². The van der Waals surface area contributed by atoms with Gasteiger partial charge in [0, 0.05) is 29.2 Å². The molecule has 7 heteroatoms. The van der Waals surface area contributed by atoms with Crippen molar-refractivity contribution < 1.29 is 19.2 Å². The molecule has 0 saturated heterocycles. The second kappa shape index (κ2) is 7.80. The minimum Gasteiger partial charge on any atom is -0.493 e. The van der Waals surface area contributed by atoms with Crippen molar-refractivity contribution in [2.45, 2.75) is 26.4 Å². The number of nitro groups is 1. The minimum absolute atomic E-state index is 0.0101. The van der Waals surface area contributed by atoms with Crippen LogP contribution in [-0.2, 0) is 6.42 Å². The van der Waals surface area contributed by atoms with Gasteiger partial charge in [-0.25, -0.2) is 0 Å². The van der Waals surface area contributed by atoms with Crippen molar-refractivity contribution in [1.29, 1.82) is 0 Å². The standard InChI is InChI=1S/C20H18ClNO5/c1-3-26-19-11-15-8-12(2)27-20(15)10-14(19)5-7-18(23)13-4-6-16(21)17(9-13)22(24)25/h4-7,9-12H,3,8H2,1-2H3/b7-5+/t12-/m0/s1. The lowest BCUT2D eigenvalue weighted by Crippen LogP contribution is -2.05.